The third-order valence-corrected chi connectivity index (χ3v) is 4.10. The molecule has 1 heterocycles. The van der Waals surface area contributed by atoms with Crippen LogP contribution in [0.1, 0.15) is 31.7 Å². The summed E-state index contributed by atoms with van der Waals surface area (Å²) in [5.74, 6) is 0. The normalized spacial score (nSPS) is 15.3. The molecule has 1 aliphatic rings. The summed E-state index contributed by atoms with van der Waals surface area (Å²) >= 11 is 0. The zero-order valence-corrected chi connectivity index (χ0v) is 14.1. The Labute approximate surface area is 139 Å². The number of carbonyl (C=O) groups excluding carboxylic acids is 1. The summed E-state index contributed by atoms with van der Waals surface area (Å²) in [5, 5.41) is 5.78. The number of hydrogen-bond donors (Lipinski definition) is 2. The maximum absolute atomic E-state index is 11.9. The van der Waals surface area contributed by atoms with Gasteiger partial charge in [0.15, 0.2) is 0 Å². The van der Waals surface area contributed by atoms with E-state index >= 15 is 0 Å². The minimum atomic E-state index is -0.142. The van der Waals surface area contributed by atoms with Crippen molar-refractivity contribution in [2.45, 2.75) is 32.6 Å². The summed E-state index contributed by atoms with van der Waals surface area (Å²) in [4.78, 5) is 14.2. The maximum Gasteiger partial charge on any atom is 0.319 e. The van der Waals surface area contributed by atoms with E-state index in [0.717, 1.165) is 45.0 Å². The molecule has 1 aliphatic heterocycles. The van der Waals surface area contributed by atoms with Gasteiger partial charge in [-0.1, -0.05) is 31.9 Å². The number of carbonyl (C=O) groups is 1. The Bertz CT molecular complexity index is 456. The first kappa shape index (κ1) is 17.8. The van der Waals surface area contributed by atoms with E-state index in [-0.39, 0.29) is 6.03 Å². The summed E-state index contributed by atoms with van der Waals surface area (Å²) in [6.07, 6.45) is 4.85. The summed E-state index contributed by atoms with van der Waals surface area (Å²) in [6.45, 7) is 7.21. The first-order valence-corrected chi connectivity index (χ1v) is 8.72. The number of anilines is 1. The van der Waals surface area contributed by atoms with Gasteiger partial charge >= 0.3 is 6.03 Å². The fourth-order valence-electron chi connectivity index (χ4n) is 2.66. The number of benzene rings is 1. The van der Waals surface area contributed by atoms with Crippen LogP contribution in [-0.4, -0.2) is 50.3 Å². The van der Waals surface area contributed by atoms with Gasteiger partial charge in [-0.2, -0.15) is 0 Å². The predicted molar refractivity (Wildman–Crippen MR) is 94.0 cm³/mol. The summed E-state index contributed by atoms with van der Waals surface area (Å²) in [6, 6.07) is 8.00. The van der Waals surface area contributed by atoms with Crippen LogP contribution in [0.15, 0.2) is 24.3 Å². The molecule has 23 heavy (non-hydrogen) atoms. The molecule has 1 aromatic carbocycles. The second-order valence-electron chi connectivity index (χ2n) is 5.99. The van der Waals surface area contributed by atoms with Crippen molar-refractivity contribution >= 4 is 11.7 Å². The van der Waals surface area contributed by atoms with Gasteiger partial charge in [-0.15, -0.1) is 0 Å². The highest BCUT2D eigenvalue weighted by molar-refractivity contribution is 5.89. The topological polar surface area (TPSA) is 53.6 Å². The lowest BCUT2D eigenvalue weighted by Gasteiger charge is -2.26. The molecule has 2 N–H and O–H groups in total. The van der Waals surface area contributed by atoms with Crippen molar-refractivity contribution in [2.24, 2.45) is 0 Å². The standard InChI is InChI=1S/C18H29N3O2/c1-2-3-4-5-16-6-8-17(9-7-16)20-18(22)19-10-11-21-12-14-23-15-13-21/h6-9H,2-5,10-15H2,1H3,(H2,19,20,22). The number of ether oxygens (including phenoxy) is 1. The zero-order valence-electron chi connectivity index (χ0n) is 14.1. The van der Waals surface area contributed by atoms with Gasteiger partial charge in [0.25, 0.3) is 0 Å². The maximum atomic E-state index is 11.9. The van der Waals surface area contributed by atoms with Crippen LogP contribution in [0.3, 0.4) is 0 Å². The fourth-order valence-corrected chi connectivity index (χ4v) is 2.66. The number of amides is 2. The molecule has 0 saturated carbocycles. The third kappa shape index (κ3) is 7.01. The van der Waals surface area contributed by atoms with Gasteiger partial charge < -0.3 is 15.4 Å². The van der Waals surface area contributed by atoms with Gasteiger partial charge in [0, 0.05) is 31.9 Å². The molecule has 128 valence electrons. The second-order valence-corrected chi connectivity index (χ2v) is 5.99. The van der Waals surface area contributed by atoms with Gasteiger partial charge in [-0.05, 0) is 30.5 Å². The monoisotopic (exact) mass is 319 g/mol. The van der Waals surface area contributed by atoms with E-state index in [0.29, 0.717) is 6.54 Å². The van der Waals surface area contributed by atoms with Gasteiger partial charge in [0.2, 0.25) is 0 Å². The summed E-state index contributed by atoms with van der Waals surface area (Å²) in [7, 11) is 0. The molecule has 0 bridgehead atoms. The van der Waals surface area contributed by atoms with Crippen LogP contribution in [0.25, 0.3) is 0 Å². The van der Waals surface area contributed by atoms with E-state index in [2.05, 4.69) is 34.6 Å². The van der Waals surface area contributed by atoms with Crippen LogP contribution in [0.4, 0.5) is 10.5 Å². The molecule has 0 radical (unpaired) electrons. The largest absolute Gasteiger partial charge is 0.379 e. The fraction of sp³-hybridized carbons (Fsp3) is 0.611. The molecule has 0 spiro atoms. The summed E-state index contributed by atoms with van der Waals surface area (Å²) < 4.78 is 5.31. The van der Waals surface area contributed by atoms with Crippen molar-refractivity contribution < 1.29 is 9.53 Å². The average molecular weight is 319 g/mol. The molecule has 2 amide bonds. The van der Waals surface area contributed by atoms with E-state index in [4.69, 9.17) is 4.74 Å². The number of aryl methyl sites for hydroxylation is 1. The Morgan fingerprint density at radius 3 is 2.61 bits per heavy atom. The molecular weight excluding hydrogens is 290 g/mol. The number of nitrogens with zero attached hydrogens (tertiary/aromatic N) is 1. The van der Waals surface area contributed by atoms with Crippen LogP contribution in [0, 0.1) is 0 Å². The van der Waals surface area contributed by atoms with E-state index in [1.54, 1.807) is 0 Å². The predicted octanol–water partition coefficient (Wildman–Crippen LogP) is 2.87. The minimum Gasteiger partial charge on any atom is -0.379 e. The molecule has 1 fully saturated rings. The van der Waals surface area contributed by atoms with Crippen molar-refractivity contribution in [3.05, 3.63) is 29.8 Å². The zero-order chi connectivity index (χ0) is 16.3. The number of hydrogen-bond acceptors (Lipinski definition) is 3. The highest BCUT2D eigenvalue weighted by atomic mass is 16.5. The SMILES string of the molecule is CCCCCc1ccc(NC(=O)NCCN2CCOCC2)cc1. The van der Waals surface area contributed by atoms with Crippen LogP contribution >= 0.6 is 0 Å². The first-order valence-electron chi connectivity index (χ1n) is 8.72. The van der Waals surface area contributed by atoms with Crippen LogP contribution < -0.4 is 10.6 Å². The van der Waals surface area contributed by atoms with Crippen LogP contribution in [0.2, 0.25) is 0 Å². The van der Waals surface area contributed by atoms with Crippen LogP contribution in [0.5, 0.6) is 0 Å². The van der Waals surface area contributed by atoms with Gasteiger partial charge in [-0.3, -0.25) is 4.90 Å². The van der Waals surface area contributed by atoms with Crippen molar-refractivity contribution in [1.29, 1.82) is 0 Å². The lowest BCUT2D eigenvalue weighted by Crippen LogP contribution is -2.42. The Kier molecular flexibility index (Phi) is 7.90. The van der Waals surface area contributed by atoms with Gasteiger partial charge in [0.05, 0.1) is 13.2 Å². The number of urea groups is 1. The lowest BCUT2D eigenvalue weighted by atomic mass is 10.1. The molecule has 1 saturated heterocycles. The lowest BCUT2D eigenvalue weighted by molar-refractivity contribution is 0.0388. The van der Waals surface area contributed by atoms with Gasteiger partial charge in [-0.25, -0.2) is 4.79 Å². The number of nitrogens with one attached hydrogen (secondary N) is 2. The van der Waals surface area contributed by atoms with Crippen molar-refractivity contribution in [2.75, 3.05) is 44.7 Å². The molecule has 0 atom stereocenters. The van der Waals surface area contributed by atoms with Gasteiger partial charge in [0.1, 0.15) is 0 Å². The Hall–Kier alpha value is -1.59. The van der Waals surface area contributed by atoms with Crippen molar-refractivity contribution in [3.63, 3.8) is 0 Å². The molecule has 5 nitrogen and oxygen atoms in total. The molecule has 2 rings (SSSR count). The van der Waals surface area contributed by atoms with E-state index in [1.165, 1.54) is 24.8 Å². The quantitative estimate of drug-likeness (QED) is 0.725. The van der Waals surface area contributed by atoms with E-state index in [9.17, 15) is 4.79 Å². The Morgan fingerprint density at radius 1 is 1.17 bits per heavy atom. The van der Waals surface area contributed by atoms with Crippen molar-refractivity contribution in [1.82, 2.24) is 10.2 Å². The number of unbranched alkanes of at least 4 members (excludes halogenated alkanes) is 2. The second kappa shape index (κ2) is 10.2. The minimum absolute atomic E-state index is 0.142. The highest BCUT2D eigenvalue weighted by Gasteiger charge is 2.10. The Morgan fingerprint density at radius 2 is 1.91 bits per heavy atom. The highest BCUT2D eigenvalue weighted by Crippen LogP contribution is 2.12. The number of morpholine rings is 1. The molecular formula is C18H29N3O2. The first-order chi connectivity index (χ1) is 11.3. The molecule has 0 aromatic heterocycles. The molecule has 5 heteroatoms. The molecule has 0 unspecified atom stereocenters. The Balaban J connectivity index is 1.64. The number of rotatable bonds is 8. The molecule has 1 aromatic rings. The smallest absolute Gasteiger partial charge is 0.319 e. The average Bonchev–Trinajstić information content (AvgIpc) is 2.58. The molecule has 0 aliphatic carbocycles. The van der Waals surface area contributed by atoms with Crippen molar-refractivity contribution in [3.8, 4) is 0 Å². The summed E-state index contributed by atoms with van der Waals surface area (Å²) in [5.41, 5.74) is 2.17. The van der Waals surface area contributed by atoms with E-state index < -0.39 is 0 Å². The van der Waals surface area contributed by atoms with Crippen LogP contribution in [-0.2, 0) is 11.2 Å². The van der Waals surface area contributed by atoms with E-state index in [1.807, 2.05) is 12.1 Å². The third-order valence-electron chi connectivity index (χ3n) is 4.10.